The average Bonchev–Trinajstić information content (AvgIpc) is 3.24. The van der Waals surface area contributed by atoms with Gasteiger partial charge in [-0.1, -0.05) is 6.07 Å². The Morgan fingerprint density at radius 1 is 1.11 bits per heavy atom. The zero-order valence-electron chi connectivity index (χ0n) is 16.4. The molecule has 27 heavy (non-hydrogen) atoms. The number of hydrogen-bond acceptors (Lipinski definition) is 6. The zero-order chi connectivity index (χ0) is 18.6. The lowest BCUT2D eigenvalue weighted by Gasteiger charge is -2.33. The summed E-state index contributed by atoms with van der Waals surface area (Å²) < 4.78 is 2.14. The predicted molar refractivity (Wildman–Crippen MR) is 113 cm³/mol. The van der Waals surface area contributed by atoms with E-state index < -0.39 is 0 Å². The van der Waals surface area contributed by atoms with Crippen LogP contribution in [0.5, 0.6) is 0 Å². The molecule has 0 aliphatic carbocycles. The van der Waals surface area contributed by atoms with Crippen LogP contribution in [0.2, 0.25) is 0 Å². The normalized spacial score (nSPS) is 18.5. The SMILES string of the molecule is CNc1c(N2CCNCC2)cccc1N(C)c1cnn(C2CCNCC2)c1. The molecule has 2 aliphatic heterocycles. The zero-order valence-corrected chi connectivity index (χ0v) is 16.4. The monoisotopic (exact) mass is 369 g/mol. The van der Waals surface area contributed by atoms with Gasteiger partial charge in [0.1, 0.15) is 0 Å². The first kappa shape index (κ1) is 18.1. The van der Waals surface area contributed by atoms with E-state index in [2.05, 4.69) is 67.0 Å². The highest BCUT2D eigenvalue weighted by atomic mass is 15.3. The number of piperidine rings is 1. The Balaban J connectivity index is 1.59. The molecule has 7 nitrogen and oxygen atoms in total. The molecule has 146 valence electrons. The topological polar surface area (TPSA) is 60.4 Å². The summed E-state index contributed by atoms with van der Waals surface area (Å²) in [4.78, 5) is 4.69. The van der Waals surface area contributed by atoms with Crippen LogP contribution >= 0.6 is 0 Å². The van der Waals surface area contributed by atoms with Crippen molar-refractivity contribution < 1.29 is 0 Å². The molecule has 2 fully saturated rings. The first-order chi connectivity index (χ1) is 13.3. The Morgan fingerprint density at radius 3 is 2.59 bits per heavy atom. The van der Waals surface area contributed by atoms with E-state index in [0.717, 1.165) is 57.8 Å². The van der Waals surface area contributed by atoms with Gasteiger partial charge in [0, 0.05) is 46.5 Å². The van der Waals surface area contributed by atoms with Gasteiger partial charge in [-0.2, -0.15) is 5.10 Å². The number of hydrogen-bond donors (Lipinski definition) is 3. The predicted octanol–water partition coefficient (Wildman–Crippen LogP) is 2.03. The van der Waals surface area contributed by atoms with Gasteiger partial charge < -0.3 is 25.8 Å². The van der Waals surface area contributed by atoms with Gasteiger partial charge in [0.25, 0.3) is 0 Å². The van der Waals surface area contributed by atoms with Crippen LogP contribution in [0.15, 0.2) is 30.6 Å². The smallest absolute Gasteiger partial charge is 0.0816 e. The van der Waals surface area contributed by atoms with Gasteiger partial charge in [-0.15, -0.1) is 0 Å². The highest BCUT2D eigenvalue weighted by Crippen LogP contribution is 2.38. The summed E-state index contributed by atoms with van der Waals surface area (Å²) in [5.74, 6) is 0. The van der Waals surface area contributed by atoms with Crippen molar-refractivity contribution in [3.05, 3.63) is 30.6 Å². The Morgan fingerprint density at radius 2 is 1.85 bits per heavy atom. The van der Waals surface area contributed by atoms with Gasteiger partial charge in [0.2, 0.25) is 0 Å². The van der Waals surface area contributed by atoms with Crippen LogP contribution < -0.4 is 25.8 Å². The molecule has 2 aromatic rings. The fraction of sp³-hybridized carbons (Fsp3) is 0.550. The highest BCUT2D eigenvalue weighted by molar-refractivity contribution is 5.86. The van der Waals surface area contributed by atoms with E-state index >= 15 is 0 Å². The van der Waals surface area contributed by atoms with Crippen LogP contribution in [0.1, 0.15) is 18.9 Å². The third-order valence-electron chi connectivity index (χ3n) is 5.75. The molecule has 0 amide bonds. The van der Waals surface area contributed by atoms with E-state index in [1.165, 1.54) is 17.1 Å². The average molecular weight is 370 g/mol. The lowest BCUT2D eigenvalue weighted by atomic mass is 10.1. The van der Waals surface area contributed by atoms with Crippen LogP contribution in [0.25, 0.3) is 0 Å². The summed E-state index contributed by atoms with van der Waals surface area (Å²) in [5.41, 5.74) is 4.76. The summed E-state index contributed by atoms with van der Waals surface area (Å²) in [5, 5.41) is 15.0. The molecule has 3 N–H and O–H groups in total. The molecule has 0 spiro atoms. The number of piperazine rings is 1. The van der Waals surface area contributed by atoms with Crippen LogP contribution in [0.4, 0.5) is 22.7 Å². The van der Waals surface area contributed by atoms with Crippen LogP contribution in [-0.4, -0.2) is 63.1 Å². The Hall–Kier alpha value is -2.25. The van der Waals surface area contributed by atoms with E-state index in [-0.39, 0.29) is 0 Å². The maximum absolute atomic E-state index is 4.66. The minimum atomic E-state index is 0.504. The minimum Gasteiger partial charge on any atom is -0.385 e. The van der Waals surface area contributed by atoms with Crippen LogP contribution in [0, 0.1) is 0 Å². The number of nitrogens with one attached hydrogen (secondary N) is 3. The number of benzene rings is 1. The van der Waals surface area contributed by atoms with Crippen molar-refractivity contribution in [3.8, 4) is 0 Å². The summed E-state index contributed by atoms with van der Waals surface area (Å²) in [6.07, 6.45) is 6.46. The maximum atomic E-state index is 4.66. The molecule has 2 aliphatic rings. The van der Waals surface area contributed by atoms with E-state index in [9.17, 15) is 0 Å². The number of para-hydroxylation sites is 1. The van der Waals surface area contributed by atoms with E-state index in [4.69, 9.17) is 0 Å². The minimum absolute atomic E-state index is 0.504. The first-order valence-electron chi connectivity index (χ1n) is 10.0. The van der Waals surface area contributed by atoms with Crippen molar-refractivity contribution in [1.29, 1.82) is 0 Å². The molecule has 1 aromatic carbocycles. The second-order valence-corrected chi connectivity index (χ2v) is 7.38. The molecule has 0 saturated carbocycles. The maximum Gasteiger partial charge on any atom is 0.0816 e. The molecule has 2 saturated heterocycles. The molecule has 1 aromatic heterocycles. The Kier molecular flexibility index (Phi) is 5.50. The quantitative estimate of drug-likeness (QED) is 0.750. The number of aromatic nitrogens is 2. The third kappa shape index (κ3) is 3.75. The molecule has 0 bridgehead atoms. The molecule has 4 rings (SSSR count). The third-order valence-corrected chi connectivity index (χ3v) is 5.75. The molecule has 0 radical (unpaired) electrons. The van der Waals surface area contributed by atoms with Gasteiger partial charge in [-0.25, -0.2) is 0 Å². The lowest BCUT2D eigenvalue weighted by Crippen LogP contribution is -2.43. The molecule has 3 heterocycles. The van der Waals surface area contributed by atoms with Crippen molar-refractivity contribution in [2.24, 2.45) is 0 Å². The van der Waals surface area contributed by atoms with Gasteiger partial charge in [0.15, 0.2) is 0 Å². The van der Waals surface area contributed by atoms with Gasteiger partial charge in [0.05, 0.1) is 35.0 Å². The summed E-state index contributed by atoms with van der Waals surface area (Å²) >= 11 is 0. The molecule has 7 heteroatoms. The van der Waals surface area contributed by atoms with E-state index in [1.807, 2.05) is 13.2 Å². The Bertz CT molecular complexity index is 745. The van der Waals surface area contributed by atoms with Crippen molar-refractivity contribution in [3.63, 3.8) is 0 Å². The van der Waals surface area contributed by atoms with Crippen molar-refractivity contribution in [2.45, 2.75) is 18.9 Å². The van der Waals surface area contributed by atoms with Gasteiger partial charge in [-0.05, 0) is 38.1 Å². The molecular formula is C20H31N7. The first-order valence-corrected chi connectivity index (χ1v) is 10.0. The van der Waals surface area contributed by atoms with Gasteiger partial charge >= 0.3 is 0 Å². The summed E-state index contributed by atoms with van der Waals surface area (Å²) in [6, 6.07) is 7.05. The second kappa shape index (κ2) is 8.19. The van der Waals surface area contributed by atoms with Crippen molar-refractivity contribution in [1.82, 2.24) is 20.4 Å². The molecule has 0 atom stereocenters. The standard InChI is InChI=1S/C20H31N7/c1-21-20-18(4-3-5-19(20)26-12-10-23-11-13-26)25(2)17-14-24-27(15-17)16-6-8-22-9-7-16/h3-5,14-16,21-23H,6-13H2,1-2H3. The number of anilines is 4. The number of rotatable bonds is 5. The summed E-state index contributed by atoms with van der Waals surface area (Å²) in [6.45, 7) is 6.29. The highest BCUT2D eigenvalue weighted by Gasteiger charge is 2.20. The van der Waals surface area contributed by atoms with Crippen molar-refractivity contribution >= 4 is 22.7 Å². The largest absolute Gasteiger partial charge is 0.385 e. The molecular weight excluding hydrogens is 338 g/mol. The van der Waals surface area contributed by atoms with E-state index in [1.54, 1.807) is 0 Å². The fourth-order valence-corrected chi connectivity index (χ4v) is 4.14. The van der Waals surface area contributed by atoms with Crippen LogP contribution in [0.3, 0.4) is 0 Å². The van der Waals surface area contributed by atoms with Crippen LogP contribution in [-0.2, 0) is 0 Å². The van der Waals surface area contributed by atoms with Gasteiger partial charge in [-0.3, -0.25) is 4.68 Å². The molecule has 0 unspecified atom stereocenters. The van der Waals surface area contributed by atoms with E-state index in [0.29, 0.717) is 6.04 Å². The second-order valence-electron chi connectivity index (χ2n) is 7.38. The Labute approximate surface area is 161 Å². The lowest BCUT2D eigenvalue weighted by molar-refractivity contribution is 0.343. The number of nitrogens with zero attached hydrogens (tertiary/aromatic N) is 4. The fourth-order valence-electron chi connectivity index (χ4n) is 4.14. The summed E-state index contributed by atoms with van der Waals surface area (Å²) in [7, 11) is 4.14. The van der Waals surface area contributed by atoms with Crippen molar-refractivity contribution in [2.75, 3.05) is 68.5 Å².